The summed E-state index contributed by atoms with van der Waals surface area (Å²) in [7, 11) is 0. The number of rotatable bonds is 1. The van der Waals surface area contributed by atoms with Crippen LogP contribution in [0, 0.1) is 0 Å². The molecule has 0 aliphatic carbocycles. The monoisotopic (exact) mass is 151 g/mol. The first-order valence-corrected chi connectivity index (χ1v) is 2.81. The first-order valence-electron chi connectivity index (χ1n) is 1.73. The predicted octanol–water partition coefficient (Wildman–Crippen LogP) is -2.62. The average Bonchev–Trinajstić information content (AvgIpc) is 1.63. The van der Waals surface area contributed by atoms with Crippen LogP contribution >= 0.6 is 0 Å². The lowest BCUT2D eigenvalue weighted by Gasteiger charge is -2.02. The number of carbonyl (C=O) groups is 2. The second-order valence-corrected chi connectivity index (χ2v) is 1.70. The molecule has 7 heteroatoms. The van der Waals surface area contributed by atoms with Gasteiger partial charge in [0.2, 0.25) is 0 Å². The number of nitrogens with two attached hydrogens (primary N) is 1. The molecule has 2 amide bonds. The van der Waals surface area contributed by atoms with Crippen LogP contribution in [0.4, 0.5) is 0 Å². The van der Waals surface area contributed by atoms with Crippen molar-refractivity contribution in [2.24, 2.45) is 5.73 Å². The zero-order valence-electron chi connectivity index (χ0n) is 4.12. The van der Waals surface area contributed by atoms with E-state index in [4.69, 9.17) is 0 Å². The second kappa shape index (κ2) is 3.15. The van der Waals surface area contributed by atoms with Gasteiger partial charge in [0, 0.05) is 11.3 Å². The van der Waals surface area contributed by atoms with Gasteiger partial charge in [0.1, 0.15) is 0 Å². The molecule has 0 spiro atoms. The van der Waals surface area contributed by atoms with Crippen LogP contribution in [0.15, 0.2) is 0 Å². The van der Waals surface area contributed by atoms with Gasteiger partial charge in [-0.1, -0.05) is 0 Å². The Bertz CT molecular complexity index is 166. The molecule has 6 nitrogen and oxygen atoms in total. The molecule has 1 atom stereocenters. The second-order valence-electron chi connectivity index (χ2n) is 1.03. The fourth-order valence-electron chi connectivity index (χ4n) is 0.126. The van der Waals surface area contributed by atoms with E-state index in [1.165, 1.54) is 4.72 Å². The van der Waals surface area contributed by atoms with Gasteiger partial charge in [0.05, 0.1) is 0 Å². The van der Waals surface area contributed by atoms with Gasteiger partial charge in [0.25, 0.3) is 0 Å². The van der Waals surface area contributed by atoms with Gasteiger partial charge < -0.3 is 10.3 Å². The molecule has 0 saturated heterocycles. The third-order valence-corrected chi connectivity index (χ3v) is 0.752. The van der Waals surface area contributed by atoms with E-state index >= 15 is 0 Å². The van der Waals surface area contributed by atoms with Gasteiger partial charge in [-0.15, -0.1) is 0 Å². The Balaban J connectivity index is 3.79. The quantitative estimate of drug-likeness (QED) is 0.315. The number of hydrogen-bond donors (Lipinski definition) is 2. The van der Waals surface area contributed by atoms with Crippen LogP contribution in [-0.2, 0) is 20.9 Å². The van der Waals surface area contributed by atoms with Crippen LogP contribution in [0.5, 0.6) is 0 Å². The number of nitrogens with one attached hydrogen (secondary N) is 1. The first-order chi connectivity index (χ1) is 4.04. The third-order valence-electron chi connectivity index (χ3n) is 0.400. The maximum absolute atomic E-state index is 9.97. The molecule has 52 valence electrons. The van der Waals surface area contributed by atoms with Gasteiger partial charge in [-0.05, 0) is 0 Å². The van der Waals surface area contributed by atoms with Crippen molar-refractivity contribution in [1.29, 1.82) is 0 Å². The van der Waals surface area contributed by atoms with Gasteiger partial charge in [-0.3, -0.25) is 18.5 Å². The highest BCUT2D eigenvalue weighted by Gasteiger charge is 2.05. The molecule has 1 unspecified atom stereocenters. The van der Waals surface area contributed by atoms with Crippen LogP contribution in [0.2, 0.25) is 0 Å². The van der Waals surface area contributed by atoms with Crippen LogP contribution in [-0.4, -0.2) is 20.6 Å². The zero-order valence-corrected chi connectivity index (χ0v) is 4.94. The van der Waals surface area contributed by atoms with Crippen molar-refractivity contribution in [3.8, 4) is 0 Å². The Kier molecular flexibility index (Phi) is 2.82. The van der Waals surface area contributed by atoms with Gasteiger partial charge in [0.15, 0.2) is 0 Å². The molecular formula is C2H3N2O4S-. The maximum Gasteiger partial charge on any atom is 0.319 e. The summed E-state index contributed by atoms with van der Waals surface area (Å²) >= 11 is -2.77. The highest BCUT2D eigenvalue weighted by Crippen LogP contribution is 1.64. The van der Waals surface area contributed by atoms with E-state index < -0.39 is 23.1 Å². The van der Waals surface area contributed by atoms with Gasteiger partial charge in [-0.25, -0.2) is 0 Å². The summed E-state index contributed by atoms with van der Waals surface area (Å²) in [6, 6.07) is 0. The standard InChI is InChI=1S/C2H4N2O4S/c3-1(5)2(6)4-9(7)8/h(H2,3,5)(H,4,6)(H,7,8)/p-1. The summed E-state index contributed by atoms with van der Waals surface area (Å²) < 4.78 is 20.4. The van der Waals surface area contributed by atoms with Crippen molar-refractivity contribution in [3.63, 3.8) is 0 Å². The van der Waals surface area contributed by atoms with Crippen LogP contribution in [0.3, 0.4) is 0 Å². The van der Waals surface area contributed by atoms with E-state index in [0.717, 1.165) is 0 Å². The number of amides is 2. The molecule has 0 radical (unpaired) electrons. The van der Waals surface area contributed by atoms with Crippen molar-refractivity contribution in [1.82, 2.24) is 4.72 Å². The molecule has 9 heavy (non-hydrogen) atoms. The summed E-state index contributed by atoms with van der Waals surface area (Å²) in [5.74, 6) is -2.68. The molecular weight excluding hydrogens is 148 g/mol. The van der Waals surface area contributed by atoms with E-state index in [0.29, 0.717) is 0 Å². The third kappa shape index (κ3) is 3.62. The summed E-state index contributed by atoms with van der Waals surface area (Å²) in [5, 5.41) is 0. The Hall–Kier alpha value is -0.950. The Morgan fingerprint density at radius 3 is 2.11 bits per heavy atom. The topological polar surface area (TPSA) is 112 Å². The number of primary amides is 1. The van der Waals surface area contributed by atoms with Crippen molar-refractivity contribution in [2.75, 3.05) is 0 Å². The van der Waals surface area contributed by atoms with Gasteiger partial charge in [-0.2, -0.15) is 0 Å². The van der Waals surface area contributed by atoms with E-state index in [-0.39, 0.29) is 0 Å². The van der Waals surface area contributed by atoms with E-state index in [1.54, 1.807) is 0 Å². The lowest BCUT2D eigenvalue weighted by atomic mass is 10.6. The summed E-state index contributed by atoms with van der Waals surface area (Å²) in [6.07, 6.45) is 0. The molecule has 0 rings (SSSR count). The molecule has 0 aromatic carbocycles. The predicted molar refractivity (Wildman–Crippen MR) is 26.3 cm³/mol. The van der Waals surface area contributed by atoms with Crippen molar-refractivity contribution in [3.05, 3.63) is 0 Å². The number of carbonyl (C=O) groups excluding carboxylic acids is 2. The summed E-state index contributed by atoms with van der Waals surface area (Å²) in [6.45, 7) is 0. The normalized spacial score (nSPS) is 12.1. The van der Waals surface area contributed by atoms with Crippen molar-refractivity contribution >= 4 is 23.1 Å². The van der Waals surface area contributed by atoms with Crippen LogP contribution < -0.4 is 10.5 Å². The zero-order chi connectivity index (χ0) is 7.44. The molecule has 3 N–H and O–H groups in total. The molecule has 0 aliphatic heterocycles. The molecule has 0 saturated carbocycles. The Labute approximate surface area is 52.8 Å². The van der Waals surface area contributed by atoms with Crippen LogP contribution in [0.1, 0.15) is 0 Å². The average molecular weight is 151 g/mol. The molecule has 0 bridgehead atoms. The lowest BCUT2D eigenvalue weighted by Crippen LogP contribution is -2.36. The highest BCUT2D eigenvalue weighted by molar-refractivity contribution is 7.77. The molecule has 0 aromatic heterocycles. The van der Waals surface area contributed by atoms with Crippen molar-refractivity contribution in [2.45, 2.75) is 0 Å². The first kappa shape index (κ1) is 8.05. The van der Waals surface area contributed by atoms with E-state index in [1.807, 2.05) is 0 Å². The Morgan fingerprint density at radius 1 is 1.56 bits per heavy atom. The molecule has 0 fully saturated rings. The highest BCUT2D eigenvalue weighted by atomic mass is 32.2. The maximum atomic E-state index is 9.97. The lowest BCUT2D eigenvalue weighted by molar-refractivity contribution is -0.136. The van der Waals surface area contributed by atoms with E-state index in [2.05, 4.69) is 5.73 Å². The minimum absolute atomic E-state index is 1.25. The van der Waals surface area contributed by atoms with Crippen LogP contribution in [0.25, 0.3) is 0 Å². The SMILES string of the molecule is NC(=O)C(=O)NS(=O)[O-]. The Morgan fingerprint density at radius 2 is 2.00 bits per heavy atom. The summed E-state index contributed by atoms with van der Waals surface area (Å²) in [5.41, 5.74) is 4.36. The molecule has 0 heterocycles. The summed E-state index contributed by atoms with van der Waals surface area (Å²) in [4.78, 5) is 19.7. The number of hydrogen-bond acceptors (Lipinski definition) is 4. The van der Waals surface area contributed by atoms with E-state index in [9.17, 15) is 18.4 Å². The fourth-order valence-corrected chi connectivity index (χ4v) is 0.378. The molecule has 0 aromatic rings. The minimum atomic E-state index is -2.77. The molecule has 0 aliphatic rings. The minimum Gasteiger partial charge on any atom is -0.755 e. The smallest absolute Gasteiger partial charge is 0.319 e. The van der Waals surface area contributed by atoms with Crippen molar-refractivity contribution < 1.29 is 18.4 Å². The van der Waals surface area contributed by atoms with Gasteiger partial charge >= 0.3 is 11.8 Å². The fraction of sp³-hybridized carbons (Fsp3) is 0. The largest absolute Gasteiger partial charge is 0.755 e.